The molecule has 0 radical (unpaired) electrons. The Morgan fingerprint density at radius 2 is 1.76 bits per heavy atom. The Labute approximate surface area is 126 Å². The van der Waals surface area contributed by atoms with E-state index < -0.39 is 0 Å². The second-order valence-corrected chi connectivity index (χ2v) is 5.64. The van der Waals surface area contributed by atoms with Crippen molar-refractivity contribution in [3.63, 3.8) is 0 Å². The van der Waals surface area contributed by atoms with Crippen LogP contribution in [0.2, 0.25) is 0 Å². The van der Waals surface area contributed by atoms with Gasteiger partial charge in [0.2, 0.25) is 5.95 Å². The predicted molar refractivity (Wildman–Crippen MR) is 88.3 cm³/mol. The number of benzene rings is 1. The van der Waals surface area contributed by atoms with Crippen molar-refractivity contribution in [3.05, 3.63) is 35.9 Å². The molecular formula is C16H23N5. The van der Waals surface area contributed by atoms with Crippen molar-refractivity contribution in [2.45, 2.75) is 13.0 Å². The SMILES string of the molecule is CC(c1cccc(-c2cc(N)nc(N(C)C)n2)c1)N(C)C. The minimum absolute atomic E-state index is 0.345. The standard InChI is InChI=1S/C16H23N5/c1-11(20(2)3)12-7-6-8-13(9-12)14-10-15(17)19-16(18-14)21(4)5/h6-11H,1-5H3,(H2,17,18,19). The molecule has 0 aliphatic heterocycles. The first kappa shape index (κ1) is 15.3. The van der Waals surface area contributed by atoms with E-state index in [0.717, 1.165) is 11.3 Å². The van der Waals surface area contributed by atoms with Crippen LogP contribution in [-0.2, 0) is 0 Å². The van der Waals surface area contributed by atoms with Crippen LogP contribution < -0.4 is 10.6 Å². The van der Waals surface area contributed by atoms with E-state index in [4.69, 9.17) is 5.73 Å². The van der Waals surface area contributed by atoms with Crippen LogP contribution >= 0.6 is 0 Å². The van der Waals surface area contributed by atoms with E-state index in [0.29, 0.717) is 17.8 Å². The molecule has 112 valence electrons. The van der Waals surface area contributed by atoms with Gasteiger partial charge in [-0.25, -0.2) is 4.98 Å². The van der Waals surface area contributed by atoms with Crippen molar-refractivity contribution in [1.29, 1.82) is 0 Å². The zero-order valence-electron chi connectivity index (χ0n) is 13.3. The number of aromatic nitrogens is 2. The van der Waals surface area contributed by atoms with Gasteiger partial charge >= 0.3 is 0 Å². The minimum atomic E-state index is 0.345. The highest BCUT2D eigenvalue weighted by molar-refractivity contribution is 5.64. The van der Waals surface area contributed by atoms with Crippen LogP contribution in [0.15, 0.2) is 30.3 Å². The first-order valence-electron chi connectivity index (χ1n) is 6.97. The number of hydrogen-bond donors (Lipinski definition) is 1. The van der Waals surface area contributed by atoms with E-state index in [1.54, 1.807) is 0 Å². The lowest BCUT2D eigenvalue weighted by molar-refractivity contribution is 0.321. The van der Waals surface area contributed by atoms with Gasteiger partial charge < -0.3 is 15.5 Å². The van der Waals surface area contributed by atoms with Crippen LogP contribution in [-0.4, -0.2) is 43.1 Å². The second-order valence-electron chi connectivity index (χ2n) is 5.64. The predicted octanol–water partition coefficient (Wildman–Crippen LogP) is 2.41. The van der Waals surface area contributed by atoms with Crippen LogP contribution in [0.4, 0.5) is 11.8 Å². The molecule has 1 aromatic carbocycles. The normalized spacial score (nSPS) is 12.5. The third-order valence-electron chi connectivity index (χ3n) is 3.57. The van der Waals surface area contributed by atoms with Gasteiger partial charge in [0.05, 0.1) is 5.69 Å². The Morgan fingerprint density at radius 3 is 2.38 bits per heavy atom. The molecule has 0 bridgehead atoms. The Bertz CT molecular complexity index is 622. The molecule has 0 aliphatic rings. The molecule has 0 amide bonds. The van der Waals surface area contributed by atoms with Crippen molar-refractivity contribution in [2.24, 2.45) is 0 Å². The molecule has 0 saturated heterocycles. The summed E-state index contributed by atoms with van der Waals surface area (Å²) in [6.45, 7) is 2.18. The Hall–Kier alpha value is -2.14. The number of nitrogens with zero attached hydrogens (tertiary/aromatic N) is 4. The summed E-state index contributed by atoms with van der Waals surface area (Å²) in [7, 11) is 7.96. The summed E-state index contributed by atoms with van der Waals surface area (Å²) in [5, 5.41) is 0. The average molecular weight is 285 g/mol. The summed E-state index contributed by atoms with van der Waals surface area (Å²) in [5.74, 6) is 1.10. The van der Waals surface area contributed by atoms with Crippen LogP contribution in [0.3, 0.4) is 0 Å². The second kappa shape index (κ2) is 6.10. The van der Waals surface area contributed by atoms with Gasteiger partial charge in [0.1, 0.15) is 5.82 Å². The van der Waals surface area contributed by atoms with Gasteiger partial charge in [-0.1, -0.05) is 18.2 Å². The van der Waals surface area contributed by atoms with Crippen molar-refractivity contribution in [2.75, 3.05) is 38.8 Å². The summed E-state index contributed by atoms with van der Waals surface area (Å²) in [6.07, 6.45) is 0. The molecule has 0 spiro atoms. The molecule has 21 heavy (non-hydrogen) atoms. The Balaban J connectivity index is 2.45. The maximum absolute atomic E-state index is 5.89. The lowest BCUT2D eigenvalue weighted by atomic mass is 10.0. The molecule has 2 rings (SSSR count). The first-order chi connectivity index (χ1) is 9.88. The van der Waals surface area contributed by atoms with Crippen molar-refractivity contribution in [1.82, 2.24) is 14.9 Å². The van der Waals surface area contributed by atoms with Gasteiger partial charge in [0.15, 0.2) is 0 Å². The lowest BCUT2D eigenvalue weighted by Crippen LogP contribution is -2.16. The fraction of sp³-hybridized carbons (Fsp3) is 0.375. The first-order valence-corrected chi connectivity index (χ1v) is 6.97. The molecule has 0 saturated carbocycles. The van der Waals surface area contributed by atoms with Crippen LogP contribution in [0, 0.1) is 0 Å². The molecule has 2 N–H and O–H groups in total. The fourth-order valence-electron chi connectivity index (χ4n) is 2.06. The number of hydrogen-bond acceptors (Lipinski definition) is 5. The quantitative estimate of drug-likeness (QED) is 0.935. The molecule has 0 fully saturated rings. The average Bonchev–Trinajstić information content (AvgIpc) is 2.45. The molecule has 2 aromatic rings. The topological polar surface area (TPSA) is 58.3 Å². The third kappa shape index (κ3) is 3.49. The molecule has 5 nitrogen and oxygen atoms in total. The van der Waals surface area contributed by atoms with E-state index in [1.807, 2.05) is 31.1 Å². The molecule has 1 aromatic heterocycles. The molecule has 5 heteroatoms. The maximum Gasteiger partial charge on any atom is 0.227 e. The molecule has 1 heterocycles. The van der Waals surface area contributed by atoms with Crippen molar-refractivity contribution >= 4 is 11.8 Å². The Kier molecular flexibility index (Phi) is 4.43. The van der Waals surface area contributed by atoms with E-state index in [1.165, 1.54) is 5.56 Å². The summed E-state index contributed by atoms with van der Waals surface area (Å²) in [4.78, 5) is 12.8. The highest BCUT2D eigenvalue weighted by Gasteiger charge is 2.11. The van der Waals surface area contributed by atoms with E-state index >= 15 is 0 Å². The molecular weight excluding hydrogens is 262 g/mol. The third-order valence-corrected chi connectivity index (χ3v) is 3.57. The van der Waals surface area contributed by atoms with Crippen molar-refractivity contribution < 1.29 is 0 Å². The number of nitrogen functional groups attached to an aromatic ring is 1. The van der Waals surface area contributed by atoms with Crippen LogP contribution in [0.25, 0.3) is 11.3 Å². The highest BCUT2D eigenvalue weighted by Crippen LogP contribution is 2.25. The summed E-state index contributed by atoms with van der Waals surface area (Å²) >= 11 is 0. The van der Waals surface area contributed by atoms with Gasteiger partial charge in [-0.2, -0.15) is 4.98 Å². The minimum Gasteiger partial charge on any atom is -0.384 e. The fourth-order valence-corrected chi connectivity index (χ4v) is 2.06. The highest BCUT2D eigenvalue weighted by atomic mass is 15.2. The van der Waals surface area contributed by atoms with Crippen molar-refractivity contribution in [3.8, 4) is 11.3 Å². The van der Waals surface area contributed by atoms with Gasteiger partial charge in [-0.05, 0) is 32.6 Å². The van der Waals surface area contributed by atoms with Crippen LogP contribution in [0.1, 0.15) is 18.5 Å². The summed E-state index contributed by atoms with van der Waals surface area (Å²) < 4.78 is 0. The largest absolute Gasteiger partial charge is 0.384 e. The maximum atomic E-state index is 5.89. The zero-order valence-corrected chi connectivity index (χ0v) is 13.3. The monoisotopic (exact) mass is 285 g/mol. The summed E-state index contributed by atoms with van der Waals surface area (Å²) in [6, 6.07) is 10.5. The van der Waals surface area contributed by atoms with Gasteiger partial charge in [0, 0.05) is 31.8 Å². The number of nitrogens with two attached hydrogens (primary N) is 1. The molecule has 1 atom stereocenters. The van der Waals surface area contributed by atoms with E-state index in [2.05, 4.69) is 54.1 Å². The lowest BCUT2D eigenvalue weighted by Gasteiger charge is -2.20. The smallest absolute Gasteiger partial charge is 0.227 e. The van der Waals surface area contributed by atoms with E-state index in [-0.39, 0.29) is 0 Å². The summed E-state index contributed by atoms with van der Waals surface area (Å²) in [5.41, 5.74) is 9.05. The number of rotatable bonds is 4. The molecule has 0 aliphatic carbocycles. The number of anilines is 2. The van der Waals surface area contributed by atoms with Crippen LogP contribution in [0.5, 0.6) is 0 Å². The van der Waals surface area contributed by atoms with E-state index in [9.17, 15) is 0 Å². The zero-order chi connectivity index (χ0) is 15.6. The molecule has 1 unspecified atom stereocenters. The van der Waals surface area contributed by atoms with Gasteiger partial charge in [-0.15, -0.1) is 0 Å². The van der Waals surface area contributed by atoms with Gasteiger partial charge in [0.25, 0.3) is 0 Å². The van der Waals surface area contributed by atoms with Gasteiger partial charge in [-0.3, -0.25) is 0 Å². The Morgan fingerprint density at radius 1 is 1.05 bits per heavy atom.